The maximum atomic E-state index is 6.48. The maximum absolute atomic E-state index is 6.48. The normalized spacial score (nSPS) is 30.1. The molecular formula is C21H42O11. The van der Waals surface area contributed by atoms with Crippen molar-refractivity contribution < 1.29 is 52.1 Å². The highest BCUT2D eigenvalue weighted by molar-refractivity contribution is 4.94. The van der Waals surface area contributed by atoms with Crippen LogP contribution in [0, 0.1) is 0 Å². The summed E-state index contributed by atoms with van der Waals surface area (Å²) < 4.78 is 62.9. The summed E-state index contributed by atoms with van der Waals surface area (Å²) in [6.07, 6.45) is -4.93. The first-order chi connectivity index (χ1) is 15.5. The second-order valence-electron chi connectivity index (χ2n) is 7.36. The molecule has 11 heteroatoms. The first kappa shape index (κ1) is 29.6. The molecule has 0 aromatic heterocycles. The number of hydrogen-bond acceptors (Lipinski definition) is 11. The van der Waals surface area contributed by atoms with Gasteiger partial charge in [-0.15, -0.1) is 0 Å². The number of rotatable bonds is 17. The summed E-state index contributed by atoms with van der Waals surface area (Å²) in [5, 5.41) is 0. The summed E-state index contributed by atoms with van der Waals surface area (Å²) in [6, 6.07) is 0. The van der Waals surface area contributed by atoms with Crippen LogP contribution in [0.25, 0.3) is 0 Å². The van der Waals surface area contributed by atoms with E-state index in [1.807, 2.05) is 0 Å². The van der Waals surface area contributed by atoms with Gasteiger partial charge in [-0.05, 0) is 0 Å². The lowest BCUT2D eigenvalue weighted by Gasteiger charge is -2.46. The van der Waals surface area contributed by atoms with E-state index in [9.17, 15) is 0 Å². The molecule has 1 saturated heterocycles. The summed E-state index contributed by atoms with van der Waals surface area (Å²) in [7, 11) is 14.2. The average molecular weight is 471 g/mol. The fraction of sp³-hybridized carbons (Fsp3) is 1.00. The first-order valence-corrected chi connectivity index (χ1v) is 10.5. The van der Waals surface area contributed by atoms with Gasteiger partial charge in [0, 0.05) is 64.0 Å². The van der Waals surface area contributed by atoms with Crippen molar-refractivity contribution in [3.63, 3.8) is 0 Å². The van der Waals surface area contributed by atoms with Gasteiger partial charge in [-0.3, -0.25) is 0 Å². The minimum Gasteiger partial charge on any atom is -0.382 e. The molecule has 1 aliphatic heterocycles. The SMILES string of the molecule is COC[C@H](OC)[C@H](OC)[C@H](O[C@H]1O[C@H](COC)[C@H](OC)[C@H](OC)[C@H]1OC)[C@@H](COC)OC. The lowest BCUT2D eigenvalue weighted by molar-refractivity contribution is -0.338. The van der Waals surface area contributed by atoms with Crippen LogP contribution in [0.15, 0.2) is 0 Å². The predicted octanol–water partition coefficient (Wildman–Crippen LogP) is 0.126. The van der Waals surface area contributed by atoms with Crippen LogP contribution in [0.2, 0.25) is 0 Å². The Balaban J connectivity index is 3.30. The van der Waals surface area contributed by atoms with Crippen LogP contribution < -0.4 is 0 Å². The van der Waals surface area contributed by atoms with Gasteiger partial charge in [0.15, 0.2) is 6.29 Å². The Bertz CT molecular complexity index is 469. The van der Waals surface area contributed by atoms with E-state index in [4.69, 9.17) is 52.1 Å². The standard InChI is InChI=1S/C21H42O11/c1-22-10-13(25-4)16(27-6)18(14(26-5)11-23-2)32-21-20(30-9)19(29-8)17(28-7)15(31-21)12-24-3/h13-21H,10-12H2,1-9H3/t13-,14+,15+,16-,17-,18+,19-,20+,21+/m0/s1. The van der Waals surface area contributed by atoms with Crippen molar-refractivity contribution in [2.45, 2.75) is 55.1 Å². The van der Waals surface area contributed by atoms with Gasteiger partial charge in [-0.25, -0.2) is 0 Å². The highest BCUT2D eigenvalue weighted by Gasteiger charge is 2.50. The van der Waals surface area contributed by atoms with Gasteiger partial charge < -0.3 is 52.1 Å². The molecular weight excluding hydrogens is 428 g/mol. The molecule has 9 atom stereocenters. The monoisotopic (exact) mass is 470 g/mol. The van der Waals surface area contributed by atoms with Crippen molar-refractivity contribution in [1.82, 2.24) is 0 Å². The smallest absolute Gasteiger partial charge is 0.187 e. The summed E-state index contributed by atoms with van der Waals surface area (Å²) >= 11 is 0. The zero-order valence-corrected chi connectivity index (χ0v) is 20.8. The summed E-state index contributed by atoms with van der Waals surface area (Å²) in [4.78, 5) is 0. The van der Waals surface area contributed by atoms with Gasteiger partial charge in [0.1, 0.15) is 48.8 Å². The Morgan fingerprint density at radius 2 is 1.12 bits per heavy atom. The van der Waals surface area contributed by atoms with E-state index in [0.29, 0.717) is 0 Å². The van der Waals surface area contributed by atoms with Crippen LogP contribution in [0.5, 0.6) is 0 Å². The van der Waals surface area contributed by atoms with E-state index in [0.717, 1.165) is 0 Å². The van der Waals surface area contributed by atoms with Gasteiger partial charge in [-0.2, -0.15) is 0 Å². The molecule has 11 nitrogen and oxygen atoms in total. The van der Waals surface area contributed by atoms with Crippen molar-refractivity contribution >= 4 is 0 Å². The largest absolute Gasteiger partial charge is 0.382 e. The summed E-state index contributed by atoms with van der Waals surface area (Å²) in [5.74, 6) is 0. The van der Waals surface area contributed by atoms with Crippen LogP contribution in [-0.4, -0.2) is 139 Å². The van der Waals surface area contributed by atoms with Gasteiger partial charge in [0.2, 0.25) is 0 Å². The van der Waals surface area contributed by atoms with Crippen LogP contribution in [0.3, 0.4) is 0 Å². The molecule has 0 aliphatic carbocycles. The highest BCUT2D eigenvalue weighted by Crippen LogP contribution is 2.31. The van der Waals surface area contributed by atoms with Gasteiger partial charge in [0.05, 0.1) is 19.8 Å². The molecule has 1 aliphatic rings. The minimum absolute atomic E-state index is 0.255. The molecule has 0 unspecified atom stereocenters. The van der Waals surface area contributed by atoms with Crippen molar-refractivity contribution in [3.05, 3.63) is 0 Å². The molecule has 0 aromatic rings. The van der Waals surface area contributed by atoms with E-state index in [1.54, 1.807) is 64.0 Å². The fourth-order valence-electron chi connectivity index (χ4n) is 4.04. The highest BCUT2D eigenvalue weighted by atomic mass is 16.7. The molecule has 0 amide bonds. The Hall–Kier alpha value is -0.440. The van der Waals surface area contributed by atoms with Crippen molar-refractivity contribution in [2.24, 2.45) is 0 Å². The first-order valence-electron chi connectivity index (χ1n) is 10.5. The Morgan fingerprint density at radius 3 is 1.53 bits per heavy atom. The molecule has 1 rings (SSSR count). The van der Waals surface area contributed by atoms with E-state index in [-0.39, 0.29) is 19.8 Å². The molecule has 32 heavy (non-hydrogen) atoms. The topological polar surface area (TPSA) is 102 Å². The van der Waals surface area contributed by atoms with E-state index >= 15 is 0 Å². The Kier molecular flexibility index (Phi) is 15.0. The number of methoxy groups -OCH3 is 9. The predicted molar refractivity (Wildman–Crippen MR) is 114 cm³/mol. The van der Waals surface area contributed by atoms with E-state index in [1.165, 1.54) is 0 Å². The van der Waals surface area contributed by atoms with Crippen LogP contribution in [0.1, 0.15) is 0 Å². The van der Waals surface area contributed by atoms with E-state index in [2.05, 4.69) is 0 Å². The van der Waals surface area contributed by atoms with Crippen molar-refractivity contribution in [2.75, 3.05) is 83.8 Å². The lowest BCUT2D eigenvalue weighted by Crippen LogP contribution is -2.63. The second kappa shape index (κ2) is 16.2. The molecule has 192 valence electrons. The number of hydrogen-bond donors (Lipinski definition) is 0. The van der Waals surface area contributed by atoms with Gasteiger partial charge in [0.25, 0.3) is 0 Å². The van der Waals surface area contributed by atoms with Gasteiger partial charge in [-0.1, -0.05) is 0 Å². The maximum Gasteiger partial charge on any atom is 0.187 e. The van der Waals surface area contributed by atoms with Crippen LogP contribution >= 0.6 is 0 Å². The molecule has 1 fully saturated rings. The zero-order chi connectivity index (χ0) is 24.1. The summed E-state index contributed by atoms with van der Waals surface area (Å²) in [5.41, 5.74) is 0. The lowest BCUT2D eigenvalue weighted by atomic mass is 9.97. The Labute approximate surface area is 191 Å². The van der Waals surface area contributed by atoms with Crippen molar-refractivity contribution in [3.8, 4) is 0 Å². The molecule has 0 aromatic carbocycles. The van der Waals surface area contributed by atoms with Gasteiger partial charge >= 0.3 is 0 Å². The van der Waals surface area contributed by atoms with E-state index < -0.39 is 55.1 Å². The third kappa shape index (κ3) is 7.54. The van der Waals surface area contributed by atoms with Crippen molar-refractivity contribution in [1.29, 1.82) is 0 Å². The number of ether oxygens (including phenoxy) is 11. The molecule has 0 bridgehead atoms. The van der Waals surface area contributed by atoms with Crippen LogP contribution in [-0.2, 0) is 52.1 Å². The molecule has 0 saturated carbocycles. The molecule has 0 spiro atoms. The third-order valence-electron chi connectivity index (χ3n) is 5.63. The third-order valence-corrected chi connectivity index (χ3v) is 5.63. The molecule has 0 radical (unpaired) electrons. The second-order valence-corrected chi connectivity index (χ2v) is 7.36. The summed E-state index contributed by atoms with van der Waals surface area (Å²) in [6.45, 7) is 0.824. The quantitative estimate of drug-likeness (QED) is 0.290. The molecule has 0 N–H and O–H groups in total. The fourth-order valence-corrected chi connectivity index (χ4v) is 4.04. The molecule has 1 heterocycles. The average Bonchev–Trinajstić information content (AvgIpc) is 2.81. The minimum atomic E-state index is -0.839. The van der Waals surface area contributed by atoms with Crippen LogP contribution in [0.4, 0.5) is 0 Å². The zero-order valence-electron chi connectivity index (χ0n) is 20.8. The Morgan fingerprint density at radius 1 is 0.594 bits per heavy atom.